The smallest absolute Gasteiger partial charge is 0.164 e. The molecule has 0 amide bonds. The van der Waals surface area contributed by atoms with Crippen LogP contribution in [0.3, 0.4) is 0 Å². The van der Waals surface area contributed by atoms with Crippen molar-refractivity contribution in [2.75, 3.05) is 0 Å². The summed E-state index contributed by atoms with van der Waals surface area (Å²) < 4.78 is 0. The summed E-state index contributed by atoms with van der Waals surface area (Å²) in [6.45, 7) is 0. The second-order valence-corrected chi connectivity index (χ2v) is 14.8. The van der Waals surface area contributed by atoms with Crippen LogP contribution in [0.25, 0.3) is 121 Å². The van der Waals surface area contributed by atoms with Gasteiger partial charge in [0.05, 0.1) is 0 Å². The van der Waals surface area contributed by atoms with Crippen LogP contribution >= 0.6 is 0 Å². The quantitative estimate of drug-likeness (QED) is 0.171. The van der Waals surface area contributed by atoms with Gasteiger partial charge in [-0.1, -0.05) is 164 Å². The Morgan fingerprint density at radius 2 is 0.643 bits per heavy atom. The normalized spacial score (nSPS) is 11.9. The summed E-state index contributed by atoms with van der Waals surface area (Å²) in [5.41, 5.74) is 5.10. The van der Waals surface area contributed by atoms with Crippen LogP contribution in [0.5, 0.6) is 0 Å². The first-order chi connectivity index (χ1) is 27.7. The van der Waals surface area contributed by atoms with Crippen LogP contribution in [-0.4, -0.2) is 15.0 Å². The zero-order valence-electron chi connectivity index (χ0n) is 30.2. The van der Waals surface area contributed by atoms with E-state index in [1.807, 2.05) is 18.2 Å². The maximum atomic E-state index is 5.14. The number of hydrogen-bond donors (Lipinski definition) is 0. The molecule has 258 valence electrons. The van der Waals surface area contributed by atoms with E-state index in [0.717, 1.165) is 33.2 Å². The monoisotopic (exact) mass is 709 g/mol. The lowest BCUT2D eigenvalue weighted by Crippen LogP contribution is -2.00. The molecular weight excluding hydrogens is 679 g/mol. The summed E-state index contributed by atoms with van der Waals surface area (Å²) in [4.78, 5) is 15.2. The fourth-order valence-electron chi connectivity index (χ4n) is 8.97. The van der Waals surface area contributed by atoms with Crippen LogP contribution in [0.15, 0.2) is 188 Å². The molecule has 3 nitrogen and oxygen atoms in total. The topological polar surface area (TPSA) is 38.7 Å². The first-order valence-corrected chi connectivity index (χ1v) is 19.1. The van der Waals surface area contributed by atoms with Crippen molar-refractivity contribution >= 4 is 75.4 Å². The molecule has 0 aliphatic carbocycles. The molecule has 0 radical (unpaired) electrons. The minimum absolute atomic E-state index is 0.642. The Morgan fingerprint density at radius 1 is 0.214 bits per heavy atom. The molecule has 1 heterocycles. The Balaban J connectivity index is 1.11. The minimum atomic E-state index is 0.642. The zero-order valence-corrected chi connectivity index (χ0v) is 30.2. The van der Waals surface area contributed by atoms with Gasteiger partial charge in [-0.2, -0.15) is 0 Å². The highest BCUT2D eigenvalue weighted by atomic mass is 15.0. The Kier molecular flexibility index (Phi) is 6.63. The number of benzene rings is 10. The molecule has 0 saturated heterocycles. The van der Waals surface area contributed by atoms with E-state index in [4.69, 9.17) is 15.0 Å². The molecule has 0 atom stereocenters. The fourth-order valence-corrected chi connectivity index (χ4v) is 8.97. The van der Waals surface area contributed by atoms with Crippen molar-refractivity contribution in [1.82, 2.24) is 15.0 Å². The molecule has 0 fully saturated rings. The average molecular weight is 710 g/mol. The van der Waals surface area contributed by atoms with Gasteiger partial charge in [-0.15, -0.1) is 0 Å². The zero-order chi connectivity index (χ0) is 36.7. The maximum absolute atomic E-state index is 5.14. The molecule has 0 spiro atoms. The number of fused-ring (bicyclic) bond motifs is 3. The predicted octanol–water partition coefficient (Wildman–Crippen LogP) is 14.0. The predicted molar refractivity (Wildman–Crippen MR) is 235 cm³/mol. The van der Waals surface area contributed by atoms with E-state index in [0.29, 0.717) is 17.5 Å². The highest BCUT2D eigenvalue weighted by molar-refractivity contribution is 6.37. The lowest BCUT2D eigenvalue weighted by molar-refractivity contribution is 1.07. The largest absolute Gasteiger partial charge is 0.208 e. The Bertz CT molecular complexity index is 3530. The molecular formula is C53H31N3. The standard InChI is InChI=1S/C53H31N3/c1-2-11-36(12-3-1)51-54-52(56-53(55-51)41-27-22-32-10-4-5-13-37(32)28-41)40-18-6-17-38(29-40)42-30-39-26-25-35-15-8-20-44-43-19-7-14-33-23-24-34-16-9-21-45(49(34)47(33)43)46(31-42)50(39)48(35)44/h1-31H. The lowest BCUT2D eigenvalue weighted by Gasteiger charge is -2.17. The van der Waals surface area contributed by atoms with Gasteiger partial charge < -0.3 is 0 Å². The van der Waals surface area contributed by atoms with Crippen molar-refractivity contribution in [2.24, 2.45) is 0 Å². The highest BCUT2D eigenvalue weighted by Crippen LogP contribution is 2.44. The number of aromatic nitrogens is 3. The van der Waals surface area contributed by atoms with Gasteiger partial charge in [0.1, 0.15) is 0 Å². The summed E-state index contributed by atoms with van der Waals surface area (Å²) in [6.07, 6.45) is 0. The first-order valence-electron chi connectivity index (χ1n) is 19.1. The molecule has 3 heteroatoms. The van der Waals surface area contributed by atoms with Crippen molar-refractivity contribution in [1.29, 1.82) is 0 Å². The van der Waals surface area contributed by atoms with Gasteiger partial charge in [-0.25, -0.2) is 15.0 Å². The van der Waals surface area contributed by atoms with E-state index in [2.05, 4.69) is 170 Å². The van der Waals surface area contributed by atoms with Crippen molar-refractivity contribution in [3.63, 3.8) is 0 Å². The molecule has 12 rings (SSSR count). The van der Waals surface area contributed by atoms with E-state index in [9.17, 15) is 0 Å². The minimum Gasteiger partial charge on any atom is -0.208 e. The van der Waals surface area contributed by atoms with Crippen LogP contribution in [-0.2, 0) is 0 Å². The van der Waals surface area contributed by atoms with Crippen molar-refractivity contribution < 1.29 is 0 Å². The molecule has 0 unspecified atom stereocenters. The molecule has 1 aromatic heterocycles. The van der Waals surface area contributed by atoms with Gasteiger partial charge >= 0.3 is 0 Å². The van der Waals surface area contributed by atoms with Gasteiger partial charge in [0.25, 0.3) is 0 Å². The van der Waals surface area contributed by atoms with Crippen molar-refractivity contribution in [3.05, 3.63) is 188 Å². The van der Waals surface area contributed by atoms with E-state index in [1.54, 1.807) is 0 Å². The fraction of sp³-hybridized carbons (Fsp3) is 0. The molecule has 0 bridgehead atoms. The molecule has 0 saturated carbocycles. The van der Waals surface area contributed by atoms with Crippen LogP contribution in [0, 0.1) is 0 Å². The molecule has 11 aromatic carbocycles. The first kappa shape index (κ1) is 30.9. The van der Waals surface area contributed by atoms with Crippen LogP contribution < -0.4 is 0 Å². The van der Waals surface area contributed by atoms with Gasteiger partial charge in [0.2, 0.25) is 0 Å². The third-order valence-electron chi connectivity index (χ3n) is 11.6. The van der Waals surface area contributed by atoms with Gasteiger partial charge in [-0.05, 0) is 111 Å². The summed E-state index contributed by atoms with van der Waals surface area (Å²) in [6, 6.07) is 67.8. The third kappa shape index (κ3) is 4.74. The molecule has 56 heavy (non-hydrogen) atoms. The molecule has 0 aliphatic heterocycles. The van der Waals surface area contributed by atoms with Gasteiger partial charge in [0, 0.05) is 16.7 Å². The Labute approximate surface area is 322 Å². The average Bonchev–Trinajstić information content (AvgIpc) is 3.27. The summed E-state index contributed by atoms with van der Waals surface area (Å²) >= 11 is 0. The summed E-state index contributed by atoms with van der Waals surface area (Å²) in [7, 11) is 0. The molecule has 12 aromatic rings. The second-order valence-electron chi connectivity index (χ2n) is 14.8. The lowest BCUT2D eigenvalue weighted by atomic mass is 9.86. The SMILES string of the molecule is c1ccc(-c2nc(-c3cccc(-c4cc5ccc6cccc7c8cccc9ccc%10cccc(c(c4)c5c67)c%10c98)c3)nc(-c3ccc4ccccc4c3)n2)cc1. The van der Waals surface area contributed by atoms with Crippen LogP contribution in [0.1, 0.15) is 0 Å². The second kappa shape index (κ2) is 12.0. The van der Waals surface area contributed by atoms with Crippen molar-refractivity contribution in [2.45, 2.75) is 0 Å². The highest BCUT2D eigenvalue weighted by Gasteiger charge is 2.18. The molecule has 0 aliphatic rings. The number of rotatable bonds is 4. The van der Waals surface area contributed by atoms with Crippen LogP contribution in [0.4, 0.5) is 0 Å². The maximum Gasteiger partial charge on any atom is 0.164 e. The van der Waals surface area contributed by atoms with E-state index in [1.165, 1.54) is 70.0 Å². The Hall–Kier alpha value is -7.49. The number of hydrogen-bond acceptors (Lipinski definition) is 3. The summed E-state index contributed by atoms with van der Waals surface area (Å²) in [5, 5.41) is 17.6. The van der Waals surface area contributed by atoms with E-state index in [-0.39, 0.29) is 0 Å². The summed E-state index contributed by atoms with van der Waals surface area (Å²) in [5.74, 6) is 1.94. The van der Waals surface area contributed by atoms with E-state index >= 15 is 0 Å². The van der Waals surface area contributed by atoms with E-state index < -0.39 is 0 Å². The van der Waals surface area contributed by atoms with Gasteiger partial charge in [0.15, 0.2) is 17.5 Å². The molecule has 0 N–H and O–H groups in total. The van der Waals surface area contributed by atoms with Crippen LogP contribution in [0.2, 0.25) is 0 Å². The number of nitrogens with zero attached hydrogens (tertiary/aromatic N) is 3. The van der Waals surface area contributed by atoms with Gasteiger partial charge in [-0.3, -0.25) is 0 Å². The Morgan fingerprint density at radius 3 is 1.30 bits per heavy atom. The van der Waals surface area contributed by atoms with Crippen molar-refractivity contribution in [3.8, 4) is 45.3 Å². The third-order valence-corrected chi connectivity index (χ3v) is 11.6.